The molecule has 0 bridgehead atoms. The van der Waals surface area contributed by atoms with E-state index in [1.165, 1.54) is 27.4 Å². The van der Waals surface area contributed by atoms with Gasteiger partial charge in [-0.15, -0.1) is 0 Å². The fraction of sp³-hybridized carbons (Fsp3) is 0.136. The van der Waals surface area contributed by atoms with Crippen LogP contribution in [-0.2, 0) is 0 Å². The molecule has 1 aromatic heterocycles. The van der Waals surface area contributed by atoms with Crippen molar-refractivity contribution in [3.8, 4) is 22.8 Å². The number of ether oxygens (including phenoxy) is 2. The van der Waals surface area contributed by atoms with E-state index in [1.54, 1.807) is 42.5 Å². The Morgan fingerprint density at radius 1 is 0.931 bits per heavy atom. The van der Waals surface area contributed by atoms with Crippen molar-refractivity contribution in [1.82, 2.24) is 5.43 Å². The van der Waals surface area contributed by atoms with E-state index >= 15 is 0 Å². The van der Waals surface area contributed by atoms with E-state index in [1.807, 2.05) is 12.1 Å². The Morgan fingerprint density at radius 2 is 1.59 bits per heavy atom. The van der Waals surface area contributed by atoms with E-state index in [0.29, 0.717) is 34.1 Å². The number of nitrogens with one attached hydrogen (secondary N) is 1. The maximum Gasteiger partial charge on any atom is 0.271 e. The first kappa shape index (κ1) is 19.9. The minimum Gasteiger partial charge on any atom is -0.497 e. The molecule has 0 radical (unpaired) electrons. The number of amides is 1. The molecule has 0 aliphatic heterocycles. The van der Waals surface area contributed by atoms with Gasteiger partial charge in [0.15, 0.2) is 5.78 Å². The van der Waals surface area contributed by atoms with Crippen molar-refractivity contribution in [3.05, 3.63) is 71.5 Å². The van der Waals surface area contributed by atoms with Crippen LogP contribution in [0.1, 0.15) is 33.4 Å². The Kier molecular flexibility index (Phi) is 6.09. The van der Waals surface area contributed by atoms with E-state index < -0.39 is 5.91 Å². The number of hydrogen-bond acceptors (Lipinski definition) is 6. The Hall–Kier alpha value is -3.87. The number of methoxy groups -OCH3 is 2. The molecule has 3 aromatic rings. The van der Waals surface area contributed by atoms with Gasteiger partial charge in [0.05, 0.1) is 20.4 Å². The second-order valence-electron chi connectivity index (χ2n) is 6.14. The number of Topliss-reactive ketones (excluding diaryl/α,β-unsaturated/α-hetero) is 1. The molecule has 0 atom stereocenters. The normalized spacial score (nSPS) is 10.7. The monoisotopic (exact) mass is 392 g/mol. The summed E-state index contributed by atoms with van der Waals surface area (Å²) in [5.74, 6) is 1.71. The molecule has 0 spiro atoms. The van der Waals surface area contributed by atoms with Crippen LogP contribution in [0.25, 0.3) is 11.3 Å². The van der Waals surface area contributed by atoms with E-state index in [0.717, 1.165) is 5.56 Å². The lowest BCUT2D eigenvalue weighted by atomic mass is 10.1. The summed E-state index contributed by atoms with van der Waals surface area (Å²) in [4.78, 5) is 23.6. The number of hydrazone groups is 1. The van der Waals surface area contributed by atoms with Crippen LogP contribution in [0.15, 0.2) is 64.1 Å². The molecule has 7 heteroatoms. The molecule has 1 N–H and O–H groups in total. The predicted octanol–water partition coefficient (Wildman–Crippen LogP) is 3.93. The number of hydrogen-bond donors (Lipinski definition) is 1. The van der Waals surface area contributed by atoms with Crippen molar-refractivity contribution in [2.24, 2.45) is 5.10 Å². The number of furan rings is 1. The summed E-state index contributed by atoms with van der Waals surface area (Å²) in [7, 11) is 3.02. The maximum atomic E-state index is 12.3. The van der Waals surface area contributed by atoms with Crippen molar-refractivity contribution in [2.45, 2.75) is 6.92 Å². The van der Waals surface area contributed by atoms with Gasteiger partial charge in [0.25, 0.3) is 5.91 Å². The number of carbonyl (C=O) groups excluding carboxylic acids is 2. The van der Waals surface area contributed by atoms with Crippen LogP contribution in [0.4, 0.5) is 0 Å². The summed E-state index contributed by atoms with van der Waals surface area (Å²) in [6.45, 7) is 1.52. The summed E-state index contributed by atoms with van der Waals surface area (Å²) >= 11 is 0. The molecular weight excluding hydrogens is 372 g/mol. The van der Waals surface area contributed by atoms with Crippen LogP contribution >= 0.6 is 0 Å². The number of nitrogens with zero attached hydrogens (tertiary/aromatic N) is 1. The summed E-state index contributed by atoms with van der Waals surface area (Å²) in [6.07, 6.45) is 1.41. The molecule has 29 heavy (non-hydrogen) atoms. The Bertz CT molecular complexity index is 1030. The molecular formula is C22H20N2O5. The lowest BCUT2D eigenvalue weighted by Crippen LogP contribution is -2.17. The summed E-state index contributed by atoms with van der Waals surface area (Å²) in [6, 6.07) is 15.5. The van der Waals surface area contributed by atoms with E-state index in [-0.39, 0.29) is 5.78 Å². The Labute approximate surface area is 167 Å². The molecule has 0 unspecified atom stereocenters. The van der Waals surface area contributed by atoms with Gasteiger partial charge in [-0.25, -0.2) is 5.43 Å². The molecule has 0 saturated heterocycles. The highest BCUT2D eigenvalue weighted by Crippen LogP contribution is 2.23. The minimum atomic E-state index is -0.412. The Morgan fingerprint density at radius 3 is 2.17 bits per heavy atom. The van der Waals surface area contributed by atoms with E-state index in [4.69, 9.17) is 13.9 Å². The predicted molar refractivity (Wildman–Crippen MR) is 109 cm³/mol. The van der Waals surface area contributed by atoms with Crippen molar-refractivity contribution in [1.29, 1.82) is 0 Å². The molecule has 1 amide bonds. The van der Waals surface area contributed by atoms with E-state index in [9.17, 15) is 9.59 Å². The first-order chi connectivity index (χ1) is 14.0. The van der Waals surface area contributed by atoms with Crippen LogP contribution in [0.5, 0.6) is 11.5 Å². The van der Waals surface area contributed by atoms with Gasteiger partial charge in [-0.1, -0.05) is 24.3 Å². The zero-order chi connectivity index (χ0) is 20.8. The summed E-state index contributed by atoms with van der Waals surface area (Å²) < 4.78 is 16.0. The zero-order valence-electron chi connectivity index (χ0n) is 16.3. The average Bonchev–Trinajstić information content (AvgIpc) is 3.22. The van der Waals surface area contributed by atoms with Gasteiger partial charge in [0.2, 0.25) is 0 Å². The molecule has 0 saturated carbocycles. The van der Waals surface area contributed by atoms with Gasteiger partial charge in [-0.2, -0.15) is 5.10 Å². The molecule has 3 rings (SSSR count). The second-order valence-corrected chi connectivity index (χ2v) is 6.14. The van der Waals surface area contributed by atoms with Crippen molar-refractivity contribution >= 4 is 17.9 Å². The molecule has 0 aliphatic carbocycles. The van der Waals surface area contributed by atoms with Crippen LogP contribution in [0.2, 0.25) is 0 Å². The van der Waals surface area contributed by atoms with Crippen LogP contribution in [-0.4, -0.2) is 32.1 Å². The summed E-state index contributed by atoms with van der Waals surface area (Å²) in [5, 5.41) is 3.93. The summed E-state index contributed by atoms with van der Waals surface area (Å²) in [5.41, 5.74) is 4.27. The van der Waals surface area contributed by atoms with Crippen molar-refractivity contribution in [2.75, 3.05) is 14.2 Å². The van der Waals surface area contributed by atoms with Crippen molar-refractivity contribution in [3.63, 3.8) is 0 Å². The Balaban J connectivity index is 1.67. The average molecular weight is 392 g/mol. The molecule has 1 heterocycles. The number of ketones is 1. The fourth-order valence-corrected chi connectivity index (χ4v) is 2.60. The molecule has 0 aliphatic rings. The third kappa shape index (κ3) is 4.90. The molecule has 7 nitrogen and oxygen atoms in total. The third-order valence-corrected chi connectivity index (χ3v) is 4.17. The molecule has 0 fully saturated rings. The van der Waals surface area contributed by atoms with Gasteiger partial charge in [0.1, 0.15) is 23.0 Å². The standard InChI is InChI=1S/C22H20N2O5/c1-14(25)15-4-6-16(7-5-15)21-9-8-18(29-21)13-23-24-22(26)17-10-19(27-2)12-20(11-17)28-3/h4-13H,1-3H3,(H,24,26)/b23-13-. The van der Waals surface area contributed by atoms with Gasteiger partial charge in [0, 0.05) is 22.8 Å². The highest BCUT2D eigenvalue weighted by Gasteiger charge is 2.09. The highest BCUT2D eigenvalue weighted by atomic mass is 16.5. The second kappa shape index (κ2) is 8.88. The lowest BCUT2D eigenvalue weighted by molar-refractivity contribution is 0.0953. The van der Waals surface area contributed by atoms with Gasteiger partial charge < -0.3 is 13.9 Å². The SMILES string of the molecule is COc1cc(OC)cc(C(=O)N/N=C\c2ccc(-c3ccc(C(C)=O)cc3)o2)c1. The number of benzene rings is 2. The van der Waals surface area contributed by atoms with Crippen LogP contribution < -0.4 is 14.9 Å². The number of rotatable bonds is 7. The maximum absolute atomic E-state index is 12.3. The first-order valence-corrected chi connectivity index (χ1v) is 8.78. The quantitative estimate of drug-likeness (QED) is 0.374. The smallest absolute Gasteiger partial charge is 0.271 e. The van der Waals surface area contributed by atoms with Gasteiger partial charge in [-0.3, -0.25) is 9.59 Å². The molecule has 148 valence electrons. The van der Waals surface area contributed by atoms with Crippen molar-refractivity contribution < 1.29 is 23.5 Å². The van der Waals surface area contributed by atoms with E-state index in [2.05, 4.69) is 10.5 Å². The zero-order valence-corrected chi connectivity index (χ0v) is 16.3. The van der Waals surface area contributed by atoms with Crippen LogP contribution in [0, 0.1) is 0 Å². The fourth-order valence-electron chi connectivity index (χ4n) is 2.60. The third-order valence-electron chi connectivity index (χ3n) is 4.17. The van der Waals surface area contributed by atoms with Gasteiger partial charge in [-0.05, 0) is 31.2 Å². The minimum absolute atomic E-state index is 0.00761. The van der Waals surface area contributed by atoms with Crippen LogP contribution in [0.3, 0.4) is 0 Å². The number of carbonyl (C=O) groups is 2. The lowest BCUT2D eigenvalue weighted by Gasteiger charge is -2.07. The highest BCUT2D eigenvalue weighted by molar-refractivity contribution is 5.96. The topological polar surface area (TPSA) is 90.1 Å². The molecule has 2 aromatic carbocycles. The van der Waals surface area contributed by atoms with Gasteiger partial charge >= 0.3 is 0 Å². The largest absolute Gasteiger partial charge is 0.497 e. The first-order valence-electron chi connectivity index (χ1n) is 8.78.